The Bertz CT molecular complexity index is 839. The number of hydrogen-bond donors (Lipinski definition) is 0. The summed E-state index contributed by atoms with van der Waals surface area (Å²) in [6.07, 6.45) is 0. The third kappa shape index (κ3) is 2.38. The topological polar surface area (TPSA) is 25.8 Å². The van der Waals surface area contributed by atoms with Crippen LogP contribution >= 0.6 is 11.6 Å². The molecule has 0 amide bonds. The maximum absolute atomic E-state index is 13.8. The van der Waals surface area contributed by atoms with Gasteiger partial charge >= 0.3 is 0 Å². The monoisotopic (exact) mass is 300 g/mol. The summed E-state index contributed by atoms with van der Waals surface area (Å²) in [6.45, 7) is 5.70. The van der Waals surface area contributed by atoms with Crippen LogP contribution in [0.4, 0.5) is 4.39 Å². The molecule has 4 heteroatoms. The van der Waals surface area contributed by atoms with Crippen molar-refractivity contribution in [3.05, 3.63) is 58.0 Å². The van der Waals surface area contributed by atoms with Crippen molar-refractivity contribution in [3.63, 3.8) is 0 Å². The van der Waals surface area contributed by atoms with E-state index in [2.05, 4.69) is 9.97 Å². The summed E-state index contributed by atoms with van der Waals surface area (Å²) in [5.41, 5.74) is 4.14. The zero-order valence-electron chi connectivity index (χ0n) is 12.0. The van der Waals surface area contributed by atoms with E-state index < -0.39 is 0 Å². The average Bonchev–Trinajstić information content (AvgIpc) is 2.41. The molecule has 1 heterocycles. The highest BCUT2D eigenvalue weighted by Gasteiger charge is 2.13. The van der Waals surface area contributed by atoms with Crippen molar-refractivity contribution in [2.75, 3.05) is 0 Å². The third-order valence-electron chi connectivity index (χ3n) is 3.63. The quantitative estimate of drug-likeness (QED) is 0.590. The fourth-order valence-corrected chi connectivity index (χ4v) is 2.73. The molecule has 1 aromatic heterocycles. The van der Waals surface area contributed by atoms with Gasteiger partial charge < -0.3 is 0 Å². The van der Waals surface area contributed by atoms with Gasteiger partial charge in [-0.05, 0) is 43.5 Å². The molecule has 21 heavy (non-hydrogen) atoms. The molecule has 0 aliphatic rings. The molecule has 0 atom stereocenters. The number of nitrogens with zero attached hydrogens (tertiary/aromatic N) is 2. The molecule has 106 valence electrons. The lowest BCUT2D eigenvalue weighted by molar-refractivity contribution is 0.620. The number of benzene rings is 2. The van der Waals surface area contributed by atoms with Crippen LogP contribution in [0, 0.1) is 26.6 Å². The minimum absolute atomic E-state index is 0.287. The Morgan fingerprint density at radius 3 is 2.29 bits per heavy atom. The average molecular weight is 301 g/mol. The largest absolute Gasteiger partial charge is 0.228 e. The van der Waals surface area contributed by atoms with Gasteiger partial charge in [0.25, 0.3) is 0 Å². The second-order valence-electron chi connectivity index (χ2n) is 5.22. The summed E-state index contributed by atoms with van der Waals surface area (Å²) >= 11 is 6.27. The van der Waals surface area contributed by atoms with Gasteiger partial charge in [0.15, 0.2) is 5.82 Å². The first-order valence-corrected chi connectivity index (χ1v) is 7.05. The minimum Gasteiger partial charge on any atom is -0.228 e. The summed E-state index contributed by atoms with van der Waals surface area (Å²) in [7, 11) is 0. The van der Waals surface area contributed by atoms with E-state index in [1.165, 1.54) is 6.07 Å². The van der Waals surface area contributed by atoms with Crippen LogP contribution in [0.5, 0.6) is 0 Å². The molecule has 0 saturated heterocycles. The van der Waals surface area contributed by atoms with Gasteiger partial charge in [0, 0.05) is 17.0 Å². The van der Waals surface area contributed by atoms with E-state index in [4.69, 9.17) is 11.6 Å². The molecule has 3 aromatic rings. The summed E-state index contributed by atoms with van der Waals surface area (Å²) in [5.74, 6) is 0.246. The summed E-state index contributed by atoms with van der Waals surface area (Å²) < 4.78 is 13.8. The molecule has 3 rings (SSSR count). The molecule has 0 radical (unpaired) electrons. The second-order valence-corrected chi connectivity index (χ2v) is 5.58. The van der Waals surface area contributed by atoms with Crippen LogP contribution in [0.15, 0.2) is 30.3 Å². The molecular formula is C17H14ClFN2. The highest BCUT2D eigenvalue weighted by Crippen LogP contribution is 2.29. The molecule has 0 unspecified atom stereocenters. The Labute approximate surface area is 127 Å². The van der Waals surface area contributed by atoms with Crippen LogP contribution in [0.1, 0.15) is 16.7 Å². The first-order chi connectivity index (χ1) is 9.97. The Balaban J connectivity index is 2.33. The Morgan fingerprint density at radius 2 is 1.62 bits per heavy atom. The van der Waals surface area contributed by atoms with Gasteiger partial charge in [-0.3, -0.25) is 0 Å². The van der Waals surface area contributed by atoms with E-state index >= 15 is 0 Å². The number of aromatic nitrogens is 2. The van der Waals surface area contributed by atoms with Crippen LogP contribution in [0.2, 0.25) is 5.15 Å². The highest BCUT2D eigenvalue weighted by atomic mass is 35.5. The lowest BCUT2D eigenvalue weighted by atomic mass is 10.0. The third-order valence-corrected chi connectivity index (χ3v) is 3.92. The van der Waals surface area contributed by atoms with Crippen molar-refractivity contribution in [2.45, 2.75) is 20.8 Å². The van der Waals surface area contributed by atoms with Crippen molar-refractivity contribution in [3.8, 4) is 11.4 Å². The van der Waals surface area contributed by atoms with Crippen LogP contribution < -0.4 is 0 Å². The number of hydrogen-bond acceptors (Lipinski definition) is 2. The molecule has 0 fully saturated rings. The lowest BCUT2D eigenvalue weighted by Crippen LogP contribution is -1.97. The van der Waals surface area contributed by atoms with Gasteiger partial charge in [0.2, 0.25) is 0 Å². The van der Waals surface area contributed by atoms with Crippen LogP contribution in [0.3, 0.4) is 0 Å². The molecule has 0 saturated carbocycles. The lowest BCUT2D eigenvalue weighted by Gasteiger charge is -2.10. The number of halogens is 2. The SMILES string of the molecule is Cc1cc2c(Cl)nc(-c3c(C)cccc3C)nc2cc1F. The fraction of sp³-hybridized carbons (Fsp3) is 0.176. The van der Waals surface area contributed by atoms with E-state index in [0.717, 1.165) is 16.7 Å². The molecule has 0 aliphatic carbocycles. The van der Waals surface area contributed by atoms with E-state index in [-0.39, 0.29) is 5.82 Å². The van der Waals surface area contributed by atoms with Gasteiger partial charge in [-0.25, -0.2) is 14.4 Å². The molecule has 0 N–H and O–H groups in total. The fourth-order valence-electron chi connectivity index (χ4n) is 2.50. The first kappa shape index (κ1) is 14.0. The Morgan fingerprint density at radius 1 is 0.952 bits per heavy atom. The number of fused-ring (bicyclic) bond motifs is 1. The molecule has 0 bridgehead atoms. The summed E-state index contributed by atoms with van der Waals surface area (Å²) in [5, 5.41) is 1.02. The minimum atomic E-state index is -0.287. The molecule has 0 aliphatic heterocycles. The summed E-state index contributed by atoms with van der Waals surface area (Å²) in [4.78, 5) is 8.89. The van der Waals surface area contributed by atoms with Crippen molar-refractivity contribution in [1.82, 2.24) is 9.97 Å². The second kappa shape index (κ2) is 5.08. The predicted molar refractivity (Wildman–Crippen MR) is 84.2 cm³/mol. The molecule has 2 aromatic carbocycles. The number of aryl methyl sites for hydroxylation is 3. The van der Waals surface area contributed by atoms with Gasteiger partial charge in [-0.1, -0.05) is 29.8 Å². The zero-order valence-corrected chi connectivity index (χ0v) is 12.8. The molecule has 2 nitrogen and oxygen atoms in total. The first-order valence-electron chi connectivity index (χ1n) is 6.67. The Hall–Kier alpha value is -2.00. The van der Waals surface area contributed by atoms with Crippen LogP contribution in [-0.2, 0) is 0 Å². The Kier molecular flexibility index (Phi) is 3.38. The van der Waals surface area contributed by atoms with Gasteiger partial charge in [0.05, 0.1) is 5.52 Å². The van der Waals surface area contributed by atoms with E-state index in [1.807, 2.05) is 32.0 Å². The number of rotatable bonds is 1. The maximum atomic E-state index is 13.8. The summed E-state index contributed by atoms with van der Waals surface area (Å²) in [6, 6.07) is 9.08. The van der Waals surface area contributed by atoms with Crippen LogP contribution in [-0.4, -0.2) is 9.97 Å². The highest BCUT2D eigenvalue weighted by molar-refractivity contribution is 6.34. The van der Waals surface area contributed by atoms with Crippen LogP contribution in [0.25, 0.3) is 22.3 Å². The van der Waals surface area contributed by atoms with Crippen molar-refractivity contribution >= 4 is 22.5 Å². The van der Waals surface area contributed by atoms with E-state index in [0.29, 0.717) is 27.4 Å². The molecule has 0 spiro atoms. The van der Waals surface area contributed by atoms with Gasteiger partial charge in [-0.15, -0.1) is 0 Å². The maximum Gasteiger partial charge on any atom is 0.162 e. The van der Waals surface area contributed by atoms with E-state index in [9.17, 15) is 4.39 Å². The van der Waals surface area contributed by atoms with Crippen molar-refractivity contribution < 1.29 is 4.39 Å². The van der Waals surface area contributed by atoms with Crippen molar-refractivity contribution in [1.29, 1.82) is 0 Å². The zero-order chi connectivity index (χ0) is 15.1. The molecular weight excluding hydrogens is 287 g/mol. The smallest absolute Gasteiger partial charge is 0.162 e. The van der Waals surface area contributed by atoms with Gasteiger partial charge in [-0.2, -0.15) is 0 Å². The standard InChI is InChI=1S/C17H14ClFN2/c1-9-5-4-6-10(2)15(9)17-20-14-8-13(19)11(3)7-12(14)16(18)21-17/h4-8H,1-3H3. The normalized spacial score (nSPS) is 11.1. The van der Waals surface area contributed by atoms with Crippen molar-refractivity contribution in [2.24, 2.45) is 0 Å². The van der Waals surface area contributed by atoms with Gasteiger partial charge in [0.1, 0.15) is 11.0 Å². The van der Waals surface area contributed by atoms with E-state index in [1.54, 1.807) is 13.0 Å². The predicted octanol–water partition coefficient (Wildman–Crippen LogP) is 5.01.